The second kappa shape index (κ2) is 2.71. The highest BCUT2D eigenvalue weighted by atomic mass is 19.4. The standard InChI is InChI=1S/C4H5F3O/c5-4(6,7)2-1-3-8/h1-2,8H,3H2/b2-1-. The van der Waals surface area contributed by atoms with Gasteiger partial charge in [-0.25, -0.2) is 0 Å². The summed E-state index contributed by atoms with van der Waals surface area (Å²) < 4.78 is 33.1. The highest BCUT2D eigenvalue weighted by Crippen LogP contribution is 2.15. The molecule has 0 radical (unpaired) electrons. The van der Waals surface area contributed by atoms with E-state index in [-0.39, 0.29) is 6.08 Å². The molecule has 0 aromatic rings. The van der Waals surface area contributed by atoms with Gasteiger partial charge in [-0.2, -0.15) is 13.2 Å². The molecule has 0 heterocycles. The van der Waals surface area contributed by atoms with E-state index in [4.69, 9.17) is 5.11 Å². The first kappa shape index (κ1) is 7.49. The zero-order valence-electron chi connectivity index (χ0n) is 3.94. The van der Waals surface area contributed by atoms with Crippen LogP contribution in [0.1, 0.15) is 0 Å². The van der Waals surface area contributed by atoms with Gasteiger partial charge in [0, 0.05) is 6.08 Å². The van der Waals surface area contributed by atoms with Crippen molar-refractivity contribution in [2.24, 2.45) is 0 Å². The maximum absolute atomic E-state index is 11.0. The van der Waals surface area contributed by atoms with E-state index in [0.29, 0.717) is 6.08 Å². The van der Waals surface area contributed by atoms with Crippen LogP contribution < -0.4 is 0 Å². The molecule has 4 heteroatoms. The molecule has 0 aromatic carbocycles. The third-order valence-corrected chi connectivity index (χ3v) is 0.412. The first-order chi connectivity index (χ1) is 3.56. The van der Waals surface area contributed by atoms with Crippen LogP contribution in [0.3, 0.4) is 0 Å². The van der Waals surface area contributed by atoms with Gasteiger partial charge < -0.3 is 5.11 Å². The van der Waals surface area contributed by atoms with Crippen molar-refractivity contribution >= 4 is 0 Å². The molecular formula is C4H5F3O. The predicted octanol–water partition coefficient (Wildman–Crippen LogP) is 1.10. The van der Waals surface area contributed by atoms with Gasteiger partial charge in [-0.05, 0) is 0 Å². The lowest BCUT2D eigenvalue weighted by atomic mass is 10.5. The van der Waals surface area contributed by atoms with Crippen LogP contribution in [0.15, 0.2) is 12.2 Å². The number of aliphatic hydroxyl groups excluding tert-OH is 1. The molecule has 0 fully saturated rings. The summed E-state index contributed by atoms with van der Waals surface area (Å²) in [5, 5.41) is 7.84. The van der Waals surface area contributed by atoms with E-state index >= 15 is 0 Å². The molecule has 0 rings (SSSR count). The van der Waals surface area contributed by atoms with E-state index in [1.54, 1.807) is 0 Å². The topological polar surface area (TPSA) is 20.2 Å². The first-order valence-electron chi connectivity index (χ1n) is 1.91. The van der Waals surface area contributed by atoms with Crippen LogP contribution in [0.2, 0.25) is 0 Å². The van der Waals surface area contributed by atoms with Crippen LogP contribution in [0.4, 0.5) is 13.2 Å². The van der Waals surface area contributed by atoms with E-state index in [1.807, 2.05) is 0 Å². The fourth-order valence-corrected chi connectivity index (χ4v) is 0.186. The van der Waals surface area contributed by atoms with Crippen molar-refractivity contribution in [3.63, 3.8) is 0 Å². The summed E-state index contributed by atoms with van der Waals surface area (Å²) in [6.45, 7) is -0.570. The maximum atomic E-state index is 11.0. The normalized spacial score (nSPS) is 13.0. The molecular weight excluding hydrogens is 121 g/mol. The Bertz CT molecular complexity index is 83.8. The molecule has 0 saturated heterocycles. The lowest BCUT2D eigenvalue weighted by Gasteiger charge is -1.94. The average Bonchev–Trinajstić information content (AvgIpc) is 1.59. The third-order valence-electron chi connectivity index (χ3n) is 0.412. The van der Waals surface area contributed by atoms with Crippen molar-refractivity contribution < 1.29 is 18.3 Å². The summed E-state index contributed by atoms with van der Waals surface area (Å²) in [6, 6.07) is 0. The molecule has 1 N–H and O–H groups in total. The van der Waals surface area contributed by atoms with Crippen LogP contribution in [-0.4, -0.2) is 17.9 Å². The number of halogens is 3. The highest BCUT2D eigenvalue weighted by molar-refractivity contribution is 4.87. The number of hydrogen-bond acceptors (Lipinski definition) is 1. The Kier molecular flexibility index (Phi) is 2.54. The van der Waals surface area contributed by atoms with Gasteiger partial charge in [-0.15, -0.1) is 0 Å². The smallest absolute Gasteiger partial charge is 0.392 e. The zero-order chi connectivity index (χ0) is 6.62. The lowest BCUT2D eigenvalue weighted by Crippen LogP contribution is -2.00. The van der Waals surface area contributed by atoms with E-state index < -0.39 is 12.8 Å². The zero-order valence-corrected chi connectivity index (χ0v) is 3.94. The Morgan fingerprint density at radius 1 is 1.38 bits per heavy atom. The van der Waals surface area contributed by atoms with Crippen molar-refractivity contribution in [1.29, 1.82) is 0 Å². The lowest BCUT2D eigenvalue weighted by molar-refractivity contribution is -0.0802. The minimum absolute atomic E-state index is 0.00694. The Morgan fingerprint density at radius 2 is 1.88 bits per heavy atom. The van der Waals surface area contributed by atoms with E-state index in [2.05, 4.69) is 0 Å². The van der Waals surface area contributed by atoms with Crippen LogP contribution in [0.5, 0.6) is 0 Å². The number of rotatable bonds is 1. The SMILES string of the molecule is OC/C=C\C(F)(F)F. The molecule has 0 aliphatic rings. The Labute approximate surface area is 44.4 Å². The first-order valence-corrected chi connectivity index (χ1v) is 1.91. The maximum Gasteiger partial charge on any atom is 0.409 e. The third kappa shape index (κ3) is 5.49. The van der Waals surface area contributed by atoms with E-state index in [0.717, 1.165) is 0 Å². The number of aliphatic hydroxyl groups is 1. The van der Waals surface area contributed by atoms with Gasteiger partial charge in [-0.3, -0.25) is 0 Å². The van der Waals surface area contributed by atoms with Gasteiger partial charge in [0.1, 0.15) is 0 Å². The molecule has 0 spiro atoms. The molecule has 0 aliphatic carbocycles. The van der Waals surface area contributed by atoms with Crippen molar-refractivity contribution in [2.75, 3.05) is 6.61 Å². The molecule has 0 unspecified atom stereocenters. The molecule has 0 bridgehead atoms. The summed E-state index contributed by atoms with van der Waals surface area (Å²) in [6.07, 6.45) is -3.66. The number of hydrogen-bond donors (Lipinski definition) is 1. The second-order valence-electron chi connectivity index (χ2n) is 1.13. The van der Waals surface area contributed by atoms with Gasteiger partial charge in [0.15, 0.2) is 0 Å². The number of alkyl halides is 3. The van der Waals surface area contributed by atoms with Crippen LogP contribution in [0.25, 0.3) is 0 Å². The Balaban J connectivity index is 3.52. The molecule has 0 amide bonds. The summed E-state index contributed by atoms with van der Waals surface area (Å²) in [5.41, 5.74) is 0. The summed E-state index contributed by atoms with van der Waals surface area (Å²) in [7, 11) is 0. The Hall–Kier alpha value is -0.510. The average molecular weight is 126 g/mol. The highest BCUT2D eigenvalue weighted by Gasteiger charge is 2.21. The molecule has 1 nitrogen and oxygen atoms in total. The van der Waals surface area contributed by atoms with Crippen molar-refractivity contribution in [3.05, 3.63) is 12.2 Å². The van der Waals surface area contributed by atoms with Crippen molar-refractivity contribution in [2.45, 2.75) is 6.18 Å². The van der Waals surface area contributed by atoms with Gasteiger partial charge >= 0.3 is 6.18 Å². The molecule has 0 aromatic heterocycles. The number of allylic oxidation sites excluding steroid dienone is 1. The van der Waals surface area contributed by atoms with Crippen LogP contribution in [0, 0.1) is 0 Å². The molecule has 0 saturated carbocycles. The monoisotopic (exact) mass is 126 g/mol. The van der Waals surface area contributed by atoms with Gasteiger partial charge in [0.25, 0.3) is 0 Å². The molecule has 0 atom stereocenters. The predicted molar refractivity (Wildman–Crippen MR) is 22.3 cm³/mol. The van der Waals surface area contributed by atoms with Gasteiger partial charge in [0.2, 0.25) is 0 Å². The van der Waals surface area contributed by atoms with Crippen molar-refractivity contribution in [1.82, 2.24) is 0 Å². The van der Waals surface area contributed by atoms with Gasteiger partial charge in [0.05, 0.1) is 6.61 Å². The largest absolute Gasteiger partial charge is 0.409 e. The van der Waals surface area contributed by atoms with Gasteiger partial charge in [-0.1, -0.05) is 6.08 Å². The summed E-state index contributed by atoms with van der Waals surface area (Å²) >= 11 is 0. The molecule has 0 aliphatic heterocycles. The summed E-state index contributed by atoms with van der Waals surface area (Å²) in [4.78, 5) is 0. The quantitative estimate of drug-likeness (QED) is 0.521. The Morgan fingerprint density at radius 3 is 2.00 bits per heavy atom. The second-order valence-corrected chi connectivity index (χ2v) is 1.13. The van der Waals surface area contributed by atoms with E-state index in [1.165, 1.54) is 0 Å². The minimum atomic E-state index is -4.29. The summed E-state index contributed by atoms with van der Waals surface area (Å²) in [5.74, 6) is 0. The minimum Gasteiger partial charge on any atom is -0.392 e. The molecule has 8 heavy (non-hydrogen) atoms. The molecule has 48 valence electrons. The van der Waals surface area contributed by atoms with Crippen LogP contribution in [-0.2, 0) is 0 Å². The van der Waals surface area contributed by atoms with Crippen molar-refractivity contribution in [3.8, 4) is 0 Å². The van der Waals surface area contributed by atoms with E-state index in [9.17, 15) is 13.2 Å². The fraction of sp³-hybridized carbons (Fsp3) is 0.500. The fourth-order valence-electron chi connectivity index (χ4n) is 0.186. The van der Waals surface area contributed by atoms with Crippen LogP contribution >= 0.6 is 0 Å².